The molecule has 0 fully saturated rings. The number of nitrogens with zero attached hydrogens (tertiary/aromatic N) is 1. The van der Waals surface area contributed by atoms with Crippen LogP contribution in [-0.2, 0) is 6.18 Å². The van der Waals surface area contributed by atoms with Crippen molar-refractivity contribution in [2.45, 2.75) is 6.18 Å². The molecule has 0 unspecified atom stereocenters. The molecule has 0 aliphatic carbocycles. The topological polar surface area (TPSA) is 20.3 Å². The maximum absolute atomic E-state index is 13.0. The number of hydrogen-bond acceptors (Lipinski definition) is 2. The number of carbonyl (C=O) groups excluding carboxylic acids is 1. The van der Waals surface area contributed by atoms with Crippen LogP contribution >= 0.6 is 0 Å². The Hall–Kier alpha value is -1.85. The van der Waals surface area contributed by atoms with E-state index in [-0.39, 0.29) is 5.56 Å². The first-order valence-corrected chi connectivity index (χ1v) is 4.97. The zero-order chi connectivity index (χ0) is 13.9. The van der Waals surface area contributed by atoms with Gasteiger partial charge < -0.3 is 4.90 Å². The van der Waals surface area contributed by atoms with Crippen LogP contribution in [0.25, 0.3) is 0 Å². The Morgan fingerprint density at radius 1 is 1.22 bits per heavy atom. The van der Waals surface area contributed by atoms with Crippen molar-refractivity contribution in [1.29, 1.82) is 0 Å². The van der Waals surface area contributed by atoms with Crippen molar-refractivity contribution in [3.63, 3.8) is 0 Å². The molecule has 1 rings (SSSR count). The quantitative estimate of drug-likeness (QED) is 0.473. The number of ketones is 1. The third kappa shape index (κ3) is 3.87. The SMILES string of the molecule is CN(C)/C=C/C(=O)c1cc(F)cc(C(F)(F)F)c1. The van der Waals surface area contributed by atoms with Gasteiger partial charge in [-0.2, -0.15) is 13.2 Å². The molecule has 0 bridgehead atoms. The van der Waals surface area contributed by atoms with Gasteiger partial charge in [-0.1, -0.05) is 0 Å². The van der Waals surface area contributed by atoms with Crippen molar-refractivity contribution in [3.8, 4) is 0 Å². The summed E-state index contributed by atoms with van der Waals surface area (Å²) in [6.07, 6.45) is -2.22. The van der Waals surface area contributed by atoms with Gasteiger partial charge in [0.15, 0.2) is 5.78 Å². The fourth-order valence-corrected chi connectivity index (χ4v) is 1.21. The van der Waals surface area contributed by atoms with E-state index in [1.165, 1.54) is 6.20 Å². The molecule has 1 aromatic carbocycles. The summed E-state index contributed by atoms with van der Waals surface area (Å²) in [6, 6.07) is 1.76. The summed E-state index contributed by atoms with van der Waals surface area (Å²) in [6.45, 7) is 0. The fourth-order valence-electron chi connectivity index (χ4n) is 1.21. The average Bonchev–Trinajstić information content (AvgIpc) is 2.23. The largest absolute Gasteiger partial charge is 0.416 e. The molecule has 0 radical (unpaired) electrons. The van der Waals surface area contributed by atoms with Gasteiger partial charge in [0.25, 0.3) is 0 Å². The minimum Gasteiger partial charge on any atom is -0.383 e. The first kappa shape index (κ1) is 14.2. The first-order valence-electron chi connectivity index (χ1n) is 4.97. The number of rotatable bonds is 3. The molecule has 0 aliphatic rings. The van der Waals surface area contributed by atoms with Gasteiger partial charge in [0.2, 0.25) is 0 Å². The molecule has 2 nitrogen and oxygen atoms in total. The van der Waals surface area contributed by atoms with E-state index in [1.54, 1.807) is 19.0 Å². The van der Waals surface area contributed by atoms with Gasteiger partial charge in [0, 0.05) is 31.9 Å². The Morgan fingerprint density at radius 2 is 1.83 bits per heavy atom. The number of halogens is 4. The number of hydrogen-bond donors (Lipinski definition) is 0. The van der Waals surface area contributed by atoms with Crippen molar-refractivity contribution >= 4 is 5.78 Å². The molecule has 0 aliphatic heterocycles. The molecular formula is C12H11F4NO. The third-order valence-corrected chi connectivity index (χ3v) is 2.03. The summed E-state index contributed by atoms with van der Waals surface area (Å²) in [4.78, 5) is 13.1. The molecule has 0 amide bonds. The van der Waals surface area contributed by atoms with Crippen LogP contribution in [0.4, 0.5) is 17.6 Å². The Kier molecular flexibility index (Phi) is 4.11. The highest BCUT2D eigenvalue weighted by Crippen LogP contribution is 2.30. The smallest absolute Gasteiger partial charge is 0.383 e. The summed E-state index contributed by atoms with van der Waals surface area (Å²) >= 11 is 0. The van der Waals surface area contributed by atoms with E-state index in [9.17, 15) is 22.4 Å². The molecule has 0 saturated heterocycles. The lowest BCUT2D eigenvalue weighted by Crippen LogP contribution is -2.08. The van der Waals surface area contributed by atoms with Crippen LogP contribution in [0.1, 0.15) is 15.9 Å². The highest BCUT2D eigenvalue weighted by Gasteiger charge is 2.31. The second-order valence-electron chi connectivity index (χ2n) is 3.87. The molecule has 0 N–H and O–H groups in total. The van der Waals surface area contributed by atoms with Crippen molar-refractivity contribution in [2.75, 3.05) is 14.1 Å². The van der Waals surface area contributed by atoms with E-state index >= 15 is 0 Å². The highest BCUT2D eigenvalue weighted by atomic mass is 19.4. The molecular weight excluding hydrogens is 250 g/mol. The second kappa shape index (κ2) is 5.20. The van der Waals surface area contributed by atoms with E-state index in [4.69, 9.17) is 0 Å². The van der Waals surface area contributed by atoms with Crippen molar-refractivity contribution in [1.82, 2.24) is 4.90 Å². The van der Waals surface area contributed by atoms with E-state index in [0.717, 1.165) is 12.1 Å². The van der Waals surface area contributed by atoms with E-state index in [0.29, 0.717) is 12.1 Å². The maximum atomic E-state index is 13.0. The lowest BCUT2D eigenvalue weighted by atomic mass is 10.1. The molecule has 18 heavy (non-hydrogen) atoms. The third-order valence-electron chi connectivity index (χ3n) is 2.03. The van der Waals surface area contributed by atoms with Crippen LogP contribution < -0.4 is 0 Å². The molecule has 0 aromatic heterocycles. The van der Waals surface area contributed by atoms with Crippen LogP contribution in [0.2, 0.25) is 0 Å². The summed E-state index contributed by atoms with van der Waals surface area (Å²) in [5.74, 6) is -1.78. The Morgan fingerprint density at radius 3 is 2.33 bits per heavy atom. The monoisotopic (exact) mass is 261 g/mol. The first-order chi connectivity index (χ1) is 8.20. The lowest BCUT2D eigenvalue weighted by molar-refractivity contribution is -0.137. The van der Waals surface area contributed by atoms with Gasteiger partial charge in [-0.3, -0.25) is 4.79 Å². The van der Waals surface area contributed by atoms with Crippen molar-refractivity contribution < 1.29 is 22.4 Å². The van der Waals surface area contributed by atoms with Crippen LogP contribution in [0, 0.1) is 5.82 Å². The van der Waals surface area contributed by atoms with Gasteiger partial charge in [0.05, 0.1) is 5.56 Å². The van der Waals surface area contributed by atoms with Crippen LogP contribution in [0.3, 0.4) is 0 Å². The lowest BCUT2D eigenvalue weighted by Gasteiger charge is -2.08. The Bertz CT molecular complexity index is 477. The molecule has 6 heteroatoms. The fraction of sp³-hybridized carbons (Fsp3) is 0.250. The highest BCUT2D eigenvalue weighted by molar-refractivity contribution is 6.04. The van der Waals surface area contributed by atoms with Gasteiger partial charge in [-0.25, -0.2) is 4.39 Å². The number of carbonyl (C=O) groups is 1. The van der Waals surface area contributed by atoms with Crippen LogP contribution in [0.5, 0.6) is 0 Å². The van der Waals surface area contributed by atoms with Crippen LogP contribution in [0.15, 0.2) is 30.5 Å². The second-order valence-corrected chi connectivity index (χ2v) is 3.87. The van der Waals surface area contributed by atoms with Crippen molar-refractivity contribution in [3.05, 3.63) is 47.4 Å². The van der Waals surface area contributed by atoms with Crippen LogP contribution in [-0.4, -0.2) is 24.8 Å². The normalized spacial score (nSPS) is 11.9. The molecule has 98 valence electrons. The van der Waals surface area contributed by atoms with E-state index < -0.39 is 23.3 Å². The molecule has 0 atom stereocenters. The van der Waals surface area contributed by atoms with Gasteiger partial charge in [0.1, 0.15) is 5.82 Å². The number of alkyl halides is 3. The average molecular weight is 261 g/mol. The summed E-state index contributed by atoms with van der Waals surface area (Å²) in [7, 11) is 3.30. The Balaban J connectivity index is 3.11. The molecule has 0 heterocycles. The van der Waals surface area contributed by atoms with E-state index in [1.807, 2.05) is 0 Å². The standard InChI is InChI=1S/C12H11F4NO/c1-17(2)4-3-11(18)8-5-9(12(14,15)16)7-10(13)6-8/h3-7H,1-2H3/b4-3+. The zero-order valence-corrected chi connectivity index (χ0v) is 9.75. The predicted octanol–water partition coefficient (Wildman–Crippen LogP) is 3.10. The van der Waals surface area contributed by atoms with Gasteiger partial charge >= 0.3 is 6.18 Å². The molecule has 1 aromatic rings. The Labute approximate surface area is 102 Å². The summed E-state index contributed by atoms with van der Waals surface area (Å²) in [5.41, 5.74) is -1.51. The minimum atomic E-state index is -4.68. The van der Waals surface area contributed by atoms with Gasteiger partial charge in [-0.15, -0.1) is 0 Å². The predicted molar refractivity (Wildman–Crippen MR) is 58.6 cm³/mol. The summed E-state index contributed by atoms with van der Waals surface area (Å²) in [5, 5.41) is 0. The van der Waals surface area contributed by atoms with Crippen molar-refractivity contribution in [2.24, 2.45) is 0 Å². The molecule has 0 spiro atoms. The van der Waals surface area contributed by atoms with E-state index in [2.05, 4.69) is 0 Å². The number of benzene rings is 1. The number of allylic oxidation sites excluding steroid dienone is 1. The zero-order valence-electron chi connectivity index (χ0n) is 9.75. The maximum Gasteiger partial charge on any atom is 0.416 e. The molecule has 0 saturated carbocycles. The minimum absolute atomic E-state index is 0.333. The van der Waals surface area contributed by atoms with Gasteiger partial charge in [-0.05, 0) is 18.2 Å². The summed E-state index contributed by atoms with van der Waals surface area (Å²) < 4.78 is 50.3.